The second-order valence-corrected chi connectivity index (χ2v) is 13.4. The molecule has 3 aliphatic rings. The van der Waals surface area contributed by atoms with Crippen molar-refractivity contribution in [3.8, 4) is 17.1 Å². The Balaban J connectivity index is 1.21. The van der Waals surface area contributed by atoms with Crippen LogP contribution in [0.25, 0.3) is 22.3 Å². The minimum Gasteiger partial charge on any atom is -0.462 e. The molecule has 3 aromatic rings. The zero-order valence-corrected chi connectivity index (χ0v) is 27.2. The van der Waals surface area contributed by atoms with Crippen LogP contribution < -0.4 is 10.3 Å². The number of aromatic nitrogens is 2. The van der Waals surface area contributed by atoms with Crippen molar-refractivity contribution in [3.63, 3.8) is 0 Å². The predicted molar refractivity (Wildman–Crippen MR) is 170 cm³/mol. The van der Waals surface area contributed by atoms with Crippen LogP contribution in [0.15, 0.2) is 29.1 Å². The molecule has 4 atom stereocenters. The molecule has 10 nitrogen and oxygen atoms in total. The molecule has 2 aliphatic heterocycles. The second-order valence-electron chi connectivity index (χ2n) is 13.4. The van der Waals surface area contributed by atoms with Gasteiger partial charge in [-0.3, -0.25) is 14.4 Å². The molecule has 2 aromatic heterocycles. The van der Waals surface area contributed by atoms with Crippen molar-refractivity contribution in [2.24, 2.45) is 17.8 Å². The van der Waals surface area contributed by atoms with E-state index in [4.69, 9.17) is 19.2 Å². The third-order valence-electron chi connectivity index (χ3n) is 10.1. The third kappa shape index (κ3) is 5.50. The number of carbonyl (C=O) groups is 3. The van der Waals surface area contributed by atoms with Crippen LogP contribution in [0.1, 0.15) is 95.4 Å². The molecule has 4 heterocycles. The topological polar surface area (TPSA) is 134 Å². The number of nitrogens with zero attached hydrogens (tertiary/aromatic N) is 2. The van der Waals surface area contributed by atoms with E-state index in [1.165, 1.54) is 0 Å². The maximum atomic E-state index is 13.6. The van der Waals surface area contributed by atoms with E-state index in [-0.39, 0.29) is 61.2 Å². The number of rotatable bonds is 8. The molecular formula is C36H42N2O8. The number of pyridine rings is 2. The monoisotopic (exact) mass is 630 g/mol. The number of ether oxygens (including phenoxy) is 3. The van der Waals surface area contributed by atoms with Gasteiger partial charge in [0.05, 0.1) is 41.9 Å². The first-order chi connectivity index (χ1) is 21.9. The number of fused-ring (bicyclic) bond motifs is 5. The van der Waals surface area contributed by atoms with E-state index in [0.29, 0.717) is 46.8 Å². The van der Waals surface area contributed by atoms with Crippen molar-refractivity contribution in [1.82, 2.24) is 9.55 Å². The van der Waals surface area contributed by atoms with Gasteiger partial charge in [-0.2, -0.15) is 0 Å². The molecule has 0 unspecified atom stereocenters. The van der Waals surface area contributed by atoms with Crippen LogP contribution in [0.5, 0.6) is 5.75 Å². The number of esters is 3. The lowest BCUT2D eigenvalue weighted by Crippen LogP contribution is -2.44. The van der Waals surface area contributed by atoms with Crippen molar-refractivity contribution in [1.29, 1.82) is 0 Å². The molecular weight excluding hydrogens is 588 g/mol. The van der Waals surface area contributed by atoms with E-state index in [1.54, 1.807) is 35.8 Å². The van der Waals surface area contributed by atoms with Crippen LogP contribution >= 0.6 is 0 Å². The third-order valence-corrected chi connectivity index (χ3v) is 10.1. The summed E-state index contributed by atoms with van der Waals surface area (Å²) in [5.74, 6) is -0.0471. The number of hydrogen-bond donors (Lipinski definition) is 1. The lowest BCUT2D eigenvalue weighted by atomic mass is 9.75. The average molecular weight is 631 g/mol. The number of benzene rings is 1. The fourth-order valence-electron chi connectivity index (χ4n) is 7.47. The summed E-state index contributed by atoms with van der Waals surface area (Å²) in [5.41, 5.74) is 1.98. The summed E-state index contributed by atoms with van der Waals surface area (Å²) in [6.45, 7) is 10.3. The van der Waals surface area contributed by atoms with Crippen molar-refractivity contribution in [2.75, 3.05) is 0 Å². The van der Waals surface area contributed by atoms with Gasteiger partial charge in [-0.05, 0) is 73.3 Å². The molecule has 6 rings (SSSR count). The van der Waals surface area contributed by atoms with E-state index in [0.717, 1.165) is 35.8 Å². The van der Waals surface area contributed by atoms with Crippen molar-refractivity contribution >= 4 is 28.8 Å². The molecule has 0 amide bonds. The highest BCUT2D eigenvalue weighted by atomic mass is 16.6. The average Bonchev–Trinajstić information content (AvgIpc) is 3.39. The first-order valence-electron chi connectivity index (χ1n) is 16.5. The molecule has 1 aromatic carbocycles. The summed E-state index contributed by atoms with van der Waals surface area (Å²) in [7, 11) is 0. The van der Waals surface area contributed by atoms with Gasteiger partial charge in [0, 0.05) is 16.5 Å². The Morgan fingerprint density at radius 1 is 1.11 bits per heavy atom. The molecule has 46 heavy (non-hydrogen) atoms. The highest BCUT2D eigenvalue weighted by Crippen LogP contribution is 2.41. The maximum Gasteiger partial charge on any atom is 0.343 e. The standard InChI is InChI=1S/C36H42N2O8/c1-6-22-24-15-21(45-31(39)12-13-32(40)46-30-14-20(5)8-10-23(30)19(3)4)9-11-28(24)37-33-25(22)17-38-29(33)16-27-26(34(38)41)18-44-35(42)36(27,43)7-2/h9,11,15-16,19-20,23,30,43H,6-8,10,12-14,17-18H2,1-5H3/t20-,23+,30-,36+/m1/s1. The van der Waals surface area contributed by atoms with E-state index in [9.17, 15) is 24.3 Å². The SMILES string of the molecule is CCc1c2c(nc3ccc(OC(=O)CCC(=O)O[C@@H]4C[C@H](C)CC[C@H]4C(C)C)cc13)-c1cc3c(c(=O)n1C2)COC(=O)[C@]3(O)CC. The first-order valence-corrected chi connectivity index (χ1v) is 16.5. The lowest BCUT2D eigenvalue weighted by molar-refractivity contribution is -0.172. The van der Waals surface area contributed by atoms with Gasteiger partial charge in [0.2, 0.25) is 0 Å². The molecule has 1 fully saturated rings. The minimum atomic E-state index is -1.89. The second kappa shape index (κ2) is 12.3. The summed E-state index contributed by atoms with van der Waals surface area (Å²) in [6.07, 6.45) is 3.49. The lowest BCUT2D eigenvalue weighted by Gasteiger charge is -2.36. The molecule has 0 radical (unpaired) electrons. The number of aryl methyl sites for hydroxylation is 1. The summed E-state index contributed by atoms with van der Waals surface area (Å²) >= 11 is 0. The van der Waals surface area contributed by atoms with Crippen LogP contribution in [0, 0.1) is 17.8 Å². The molecule has 0 bridgehead atoms. The molecule has 10 heteroatoms. The Labute approximate surface area is 268 Å². The van der Waals surface area contributed by atoms with Crippen LogP contribution in [0.4, 0.5) is 0 Å². The van der Waals surface area contributed by atoms with Gasteiger partial charge < -0.3 is 23.9 Å². The zero-order valence-electron chi connectivity index (χ0n) is 27.2. The molecule has 1 saturated carbocycles. The largest absolute Gasteiger partial charge is 0.462 e. The highest BCUT2D eigenvalue weighted by molar-refractivity contribution is 5.90. The van der Waals surface area contributed by atoms with Crippen LogP contribution in [0.2, 0.25) is 0 Å². The Bertz CT molecular complexity index is 1790. The summed E-state index contributed by atoms with van der Waals surface area (Å²) in [6, 6.07) is 6.90. The number of aliphatic hydroxyl groups is 1. The molecule has 0 saturated heterocycles. The van der Waals surface area contributed by atoms with Gasteiger partial charge >= 0.3 is 17.9 Å². The van der Waals surface area contributed by atoms with E-state index in [2.05, 4.69) is 20.8 Å². The number of hydrogen-bond acceptors (Lipinski definition) is 9. The van der Waals surface area contributed by atoms with Gasteiger partial charge in [0.1, 0.15) is 18.5 Å². The van der Waals surface area contributed by atoms with Gasteiger partial charge in [-0.15, -0.1) is 0 Å². The van der Waals surface area contributed by atoms with E-state index in [1.807, 2.05) is 6.92 Å². The molecule has 244 valence electrons. The Morgan fingerprint density at radius 3 is 2.59 bits per heavy atom. The molecule has 1 N–H and O–H groups in total. The van der Waals surface area contributed by atoms with Gasteiger partial charge in [-0.1, -0.05) is 41.0 Å². The first kappa shape index (κ1) is 31.9. The van der Waals surface area contributed by atoms with Crippen molar-refractivity contribution in [2.45, 2.75) is 104 Å². The zero-order chi connectivity index (χ0) is 32.9. The highest BCUT2D eigenvalue weighted by Gasteiger charge is 2.45. The quantitative estimate of drug-likeness (QED) is 0.202. The van der Waals surface area contributed by atoms with Gasteiger partial charge in [0.15, 0.2) is 5.60 Å². The maximum absolute atomic E-state index is 13.6. The Morgan fingerprint density at radius 2 is 1.87 bits per heavy atom. The Kier molecular flexibility index (Phi) is 8.52. The normalized spacial score (nSPS) is 23.5. The van der Waals surface area contributed by atoms with E-state index >= 15 is 0 Å². The fraction of sp³-hybridized carbons (Fsp3) is 0.528. The van der Waals surface area contributed by atoms with Crippen molar-refractivity contribution in [3.05, 3.63) is 56.9 Å². The summed E-state index contributed by atoms with van der Waals surface area (Å²) in [4.78, 5) is 56.4. The molecule has 1 aliphatic carbocycles. The van der Waals surface area contributed by atoms with Crippen LogP contribution in [-0.2, 0) is 49.0 Å². The van der Waals surface area contributed by atoms with Gasteiger partial charge in [0.25, 0.3) is 5.56 Å². The Hall–Kier alpha value is -4.05. The molecule has 0 spiro atoms. The number of carbonyl (C=O) groups excluding carboxylic acids is 3. The minimum absolute atomic E-state index is 0.0435. The summed E-state index contributed by atoms with van der Waals surface area (Å²) < 4.78 is 18.3. The van der Waals surface area contributed by atoms with Crippen LogP contribution in [0.3, 0.4) is 0 Å². The van der Waals surface area contributed by atoms with Gasteiger partial charge in [-0.25, -0.2) is 9.78 Å². The smallest absolute Gasteiger partial charge is 0.343 e. The van der Waals surface area contributed by atoms with Crippen molar-refractivity contribution < 1.29 is 33.7 Å². The van der Waals surface area contributed by atoms with E-state index < -0.39 is 17.5 Å². The fourth-order valence-corrected chi connectivity index (χ4v) is 7.47. The van der Waals surface area contributed by atoms with Crippen LogP contribution in [-0.4, -0.2) is 38.7 Å². The number of cyclic esters (lactones) is 1. The summed E-state index contributed by atoms with van der Waals surface area (Å²) in [5, 5.41) is 11.9. The predicted octanol–water partition coefficient (Wildman–Crippen LogP) is 5.33.